The minimum atomic E-state index is -4.71. The third kappa shape index (κ3) is 4.70. The second-order valence-electron chi connectivity index (χ2n) is 3.99. The van der Waals surface area contributed by atoms with E-state index in [2.05, 4.69) is 0 Å². The molecule has 1 aromatic carbocycles. The van der Waals surface area contributed by atoms with E-state index in [-0.39, 0.29) is 11.6 Å². The Labute approximate surface area is 104 Å². The Morgan fingerprint density at radius 1 is 1.05 bits per heavy atom. The fourth-order valence-electron chi connectivity index (χ4n) is 1.48. The van der Waals surface area contributed by atoms with Crippen molar-refractivity contribution >= 4 is 0 Å². The molecule has 0 fully saturated rings. The van der Waals surface area contributed by atoms with E-state index in [9.17, 15) is 30.7 Å². The van der Waals surface area contributed by atoms with E-state index >= 15 is 0 Å². The van der Waals surface area contributed by atoms with E-state index in [1.54, 1.807) is 0 Å². The Kier molecular flexibility index (Phi) is 4.44. The summed E-state index contributed by atoms with van der Waals surface area (Å²) in [5.41, 5.74) is 3.77. The number of nitrogens with two attached hydrogens (primary N) is 1. The number of hydrogen-bond donors (Lipinski definition) is 1. The van der Waals surface area contributed by atoms with Gasteiger partial charge in [0.2, 0.25) is 0 Å². The third-order valence-electron chi connectivity index (χ3n) is 2.47. The molecule has 1 aromatic rings. The molecule has 0 aliphatic carbocycles. The zero-order valence-corrected chi connectivity index (χ0v) is 9.45. The summed E-state index contributed by atoms with van der Waals surface area (Å²) in [5, 5.41) is 0. The zero-order valence-electron chi connectivity index (χ0n) is 9.45. The highest BCUT2D eigenvalue weighted by molar-refractivity contribution is 5.28. The Balaban J connectivity index is 2.85. The van der Waals surface area contributed by atoms with Gasteiger partial charge in [0.25, 0.3) is 0 Å². The molecular formula is C11H10F7N. The second kappa shape index (κ2) is 5.36. The smallest absolute Gasteiger partial charge is 0.324 e. The lowest BCUT2D eigenvalue weighted by molar-refractivity contribution is -0.137. The molecule has 0 aliphatic heterocycles. The molecule has 0 radical (unpaired) electrons. The van der Waals surface area contributed by atoms with Gasteiger partial charge in [0.05, 0.1) is 5.56 Å². The SMILES string of the molecule is N[C@@H](CCC(F)(F)F)c1ccc(C(F)(F)F)cc1F. The van der Waals surface area contributed by atoms with Crippen molar-refractivity contribution in [3.8, 4) is 0 Å². The van der Waals surface area contributed by atoms with Crippen molar-refractivity contribution in [3.05, 3.63) is 35.1 Å². The molecule has 1 rings (SSSR count). The van der Waals surface area contributed by atoms with E-state index in [0.29, 0.717) is 6.07 Å². The van der Waals surface area contributed by atoms with E-state index < -0.39 is 42.6 Å². The molecule has 0 aromatic heterocycles. The molecule has 2 N–H and O–H groups in total. The predicted octanol–water partition coefficient (Wildman–Crippen LogP) is 4.19. The highest BCUT2D eigenvalue weighted by atomic mass is 19.4. The lowest BCUT2D eigenvalue weighted by atomic mass is 10.0. The lowest BCUT2D eigenvalue weighted by Gasteiger charge is -2.15. The molecule has 0 heterocycles. The van der Waals surface area contributed by atoms with Gasteiger partial charge >= 0.3 is 12.4 Å². The van der Waals surface area contributed by atoms with Crippen LogP contribution in [0.25, 0.3) is 0 Å². The van der Waals surface area contributed by atoms with E-state index in [1.807, 2.05) is 0 Å². The van der Waals surface area contributed by atoms with Crippen LogP contribution in [0.2, 0.25) is 0 Å². The Morgan fingerprint density at radius 3 is 2.05 bits per heavy atom. The molecule has 0 bridgehead atoms. The minimum absolute atomic E-state index is 0.225. The molecule has 108 valence electrons. The monoisotopic (exact) mass is 289 g/mol. The van der Waals surface area contributed by atoms with Crippen LogP contribution in [0.1, 0.15) is 30.0 Å². The lowest BCUT2D eigenvalue weighted by Crippen LogP contribution is -2.17. The van der Waals surface area contributed by atoms with Crippen LogP contribution in [0.4, 0.5) is 30.7 Å². The summed E-state index contributed by atoms with van der Waals surface area (Å²) in [4.78, 5) is 0. The van der Waals surface area contributed by atoms with E-state index in [1.165, 1.54) is 0 Å². The van der Waals surface area contributed by atoms with Gasteiger partial charge < -0.3 is 5.73 Å². The van der Waals surface area contributed by atoms with Crippen LogP contribution in [0.5, 0.6) is 0 Å². The summed E-state index contributed by atoms with van der Waals surface area (Å²) < 4.78 is 86.0. The van der Waals surface area contributed by atoms with Crippen LogP contribution in [0.3, 0.4) is 0 Å². The first-order valence-electron chi connectivity index (χ1n) is 5.19. The summed E-state index contributed by atoms with van der Waals surface area (Å²) in [6.07, 6.45) is -11.0. The molecule has 0 saturated carbocycles. The summed E-state index contributed by atoms with van der Waals surface area (Å²) in [7, 11) is 0. The molecule has 0 unspecified atom stereocenters. The average Bonchev–Trinajstić information content (AvgIpc) is 2.23. The molecule has 0 aliphatic rings. The standard InChI is InChI=1S/C11H10F7N/c12-8-5-6(11(16,17)18)1-2-7(8)9(19)3-4-10(13,14)15/h1-2,5,9H,3-4,19H2/t9-/m0/s1. The summed E-state index contributed by atoms with van der Waals surface area (Å²) in [6.45, 7) is 0. The van der Waals surface area contributed by atoms with Gasteiger partial charge in [-0.05, 0) is 18.6 Å². The topological polar surface area (TPSA) is 26.0 Å². The van der Waals surface area contributed by atoms with Crippen molar-refractivity contribution in [2.75, 3.05) is 0 Å². The molecule has 0 amide bonds. The molecule has 0 saturated heterocycles. The number of halogens is 7. The van der Waals surface area contributed by atoms with Crippen LogP contribution in [0, 0.1) is 5.82 Å². The molecular weight excluding hydrogens is 279 g/mol. The first-order valence-corrected chi connectivity index (χ1v) is 5.19. The van der Waals surface area contributed by atoms with Crippen LogP contribution in [-0.2, 0) is 6.18 Å². The number of rotatable bonds is 3. The first-order chi connectivity index (χ1) is 8.50. The van der Waals surface area contributed by atoms with E-state index in [0.717, 1.165) is 6.07 Å². The Hall–Kier alpha value is -1.31. The van der Waals surface area contributed by atoms with Gasteiger partial charge in [-0.25, -0.2) is 4.39 Å². The minimum Gasteiger partial charge on any atom is -0.324 e. The fraction of sp³-hybridized carbons (Fsp3) is 0.455. The van der Waals surface area contributed by atoms with Crippen LogP contribution in [0.15, 0.2) is 18.2 Å². The number of benzene rings is 1. The number of alkyl halides is 6. The van der Waals surface area contributed by atoms with Gasteiger partial charge in [-0.1, -0.05) is 6.07 Å². The van der Waals surface area contributed by atoms with Gasteiger partial charge in [0.1, 0.15) is 5.82 Å². The van der Waals surface area contributed by atoms with Gasteiger partial charge in [-0.2, -0.15) is 26.3 Å². The first kappa shape index (κ1) is 15.7. The quantitative estimate of drug-likeness (QED) is 0.830. The van der Waals surface area contributed by atoms with Gasteiger partial charge in [-0.3, -0.25) is 0 Å². The normalized spacial score (nSPS) is 14.5. The van der Waals surface area contributed by atoms with Crippen molar-refractivity contribution < 1.29 is 30.7 Å². The van der Waals surface area contributed by atoms with Gasteiger partial charge in [0, 0.05) is 18.0 Å². The maximum atomic E-state index is 13.4. The van der Waals surface area contributed by atoms with Crippen molar-refractivity contribution in [3.63, 3.8) is 0 Å². The maximum absolute atomic E-state index is 13.4. The number of hydrogen-bond acceptors (Lipinski definition) is 1. The van der Waals surface area contributed by atoms with Crippen LogP contribution >= 0.6 is 0 Å². The zero-order chi connectivity index (χ0) is 14.8. The Bertz CT molecular complexity index is 436. The summed E-state index contributed by atoms with van der Waals surface area (Å²) in [6, 6.07) is 0.275. The largest absolute Gasteiger partial charge is 0.416 e. The molecule has 1 nitrogen and oxygen atoms in total. The van der Waals surface area contributed by atoms with Crippen LogP contribution < -0.4 is 5.73 Å². The molecule has 8 heteroatoms. The Morgan fingerprint density at radius 2 is 1.63 bits per heavy atom. The van der Waals surface area contributed by atoms with Crippen molar-refractivity contribution in [2.45, 2.75) is 31.2 Å². The maximum Gasteiger partial charge on any atom is 0.416 e. The van der Waals surface area contributed by atoms with Crippen LogP contribution in [-0.4, -0.2) is 6.18 Å². The predicted molar refractivity (Wildman–Crippen MR) is 53.6 cm³/mol. The molecule has 1 atom stereocenters. The van der Waals surface area contributed by atoms with Crippen molar-refractivity contribution in [2.24, 2.45) is 5.73 Å². The summed E-state index contributed by atoms with van der Waals surface area (Å²) >= 11 is 0. The highest BCUT2D eigenvalue weighted by Crippen LogP contribution is 2.32. The van der Waals surface area contributed by atoms with E-state index in [4.69, 9.17) is 5.73 Å². The van der Waals surface area contributed by atoms with Crippen molar-refractivity contribution in [1.29, 1.82) is 0 Å². The molecule has 19 heavy (non-hydrogen) atoms. The average molecular weight is 289 g/mol. The van der Waals surface area contributed by atoms with Gasteiger partial charge in [0.15, 0.2) is 0 Å². The molecule has 0 spiro atoms. The second-order valence-corrected chi connectivity index (χ2v) is 3.99. The van der Waals surface area contributed by atoms with Crippen molar-refractivity contribution in [1.82, 2.24) is 0 Å². The fourth-order valence-corrected chi connectivity index (χ4v) is 1.48. The summed E-state index contributed by atoms with van der Waals surface area (Å²) in [5.74, 6) is -1.26. The highest BCUT2D eigenvalue weighted by Gasteiger charge is 2.32. The van der Waals surface area contributed by atoms with Gasteiger partial charge in [-0.15, -0.1) is 0 Å². The third-order valence-corrected chi connectivity index (χ3v) is 2.47.